The van der Waals surface area contributed by atoms with Crippen molar-refractivity contribution >= 4 is 27.2 Å². The lowest BCUT2D eigenvalue weighted by molar-refractivity contribution is -0.386. The molecule has 6 nitrogen and oxygen atoms in total. The maximum atomic E-state index is 11.9. The molecule has 3 aromatic rings. The first-order valence-corrected chi connectivity index (χ1v) is 6.65. The minimum absolute atomic E-state index is 0.236. The summed E-state index contributed by atoms with van der Waals surface area (Å²) < 4.78 is 2.33. The molecular weight excluding hydrogens is 278 g/mol. The monoisotopic (exact) mass is 287 g/mol. The van der Waals surface area contributed by atoms with E-state index in [4.69, 9.17) is 0 Å². The normalized spacial score (nSPS) is 10.8. The maximum Gasteiger partial charge on any atom is 0.334 e. The first kappa shape index (κ1) is 12.5. The molecule has 0 aliphatic heterocycles. The fourth-order valence-corrected chi connectivity index (χ4v) is 2.89. The largest absolute Gasteiger partial charge is 0.334 e. The molecule has 0 bridgehead atoms. The zero-order valence-electron chi connectivity index (χ0n) is 10.2. The average molecular weight is 287 g/mol. The number of thiazole rings is 1. The molecule has 0 aliphatic carbocycles. The molecule has 0 spiro atoms. The van der Waals surface area contributed by atoms with Gasteiger partial charge in [-0.1, -0.05) is 12.1 Å². The zero-order valence-corrected chi connectivity index (χ0v) is 11.0. The van der Waals surface area contributed by atoms with Crippen LogP contribution in [0.25, 0.3) is 10.2 Å². The second kappa shape index (κ2) is 4.86. The van der Waals surface area contributed by atoms with E-state index < -0.39 is 16.2 Å². The van der Waals surface area contributed by atoms with Crippen LogP contribution in [0, 0.1) is 10.1 Å². The third-order valence-electron chi connectivity index (χ3n) is 2.84. The molecule has 0 saturated heterocycles. The smallest absolute Gasteiger partial charge is 0.303 e. The highest BCUT2D eigenvalue weighted by Gasteiger charge is 2.14. The fraction of sp³-hybridized carbons (Fsp3) is 0.0769. The minimum atomic E-state index is -0.669. The highest BCUT2D eigenvalue weighted by Crippen LogP contribution is 2.21. The van der Waals surface area contributed by atoms with Gasteiger partial charge in [0.05, 0.1) is 21.7 Å². The zero-order chi connectivity index (χ0) is 14.1. The molecule has 20 heavy (non-hydrogen) atoms. The Balaban J connectivity index is 2.01. The summed E-state index contributed by atoms with van der Waals surface area (Å²) in [4.78, 5) is 26.4. The summed E-state index contributed by atoms with van der Waals surface area (Å²) in [5.41, 5.74) is -0.170. The topological polar surface area (TPSA) is 78.0 Å². The van der Waals surface area contributed by atoms with E-state index in [1.54, 1.807) is 0 Å². The second-order valence-electron chi connectivity index (χ2n) is 4.16. The van der Waals surface area contributed by atoms with Gasteiger partial charge in [-0.25, -0.2) is 4.98 Å². The lowest BCUT2D eigenvalue weighted by Crippen LogP contribution is -2.22. The molecule has 0 atom stereocenters. The molecule has 0 aliphatic rings. The van der Waals surface area contributed by atoms with E-state index in [2.05, 4.69) is 4.98 Å². The summed E-state index contributed by atoms with van der Waals surface area (Å²) in [6.07, 6.45) is 1.53. The van der Waals surface area contributed by atoms with Gasteiger partial charge < -0.3 is 4.57 Å². The Kier molecular flexibility index (Phi) is 3.03. The molecule has 0 fully saturated rings. The molecule has 1 aromatic carbocycles. The second-order valence-corrected chi connectivity index (χ2v) is 5.27. The lowest BCUT2D eigenvalue weighted by atomic mass is 10.3. The van der Waals surface area contributed by atoms with E-state index in [0.717, 1.165) is 15.2 Å². The summed E-state index contributed by atoms with van der Waals surface area (Å²) in [6, 6.07) is 10.4. The number of pyridine rings is 1. The third kappa shape index (κ3) is 2.19. The molecule has 100 valence electrons. The number of fused-ring (bicyclic) bond motifs is 1. The van der Waals surface area contributed by atoms with Crippen LogP contribution in [0.3, 0.4) is 0 Å². The van der Waals surface area contributed by atoms with E-state index in [1.165, 1.54) is 34.2 Å². The number of nitrogens with zero attached hydrogens (tertiary/aromatic N) is 3. The molecule has 0 radical (unpaired) electrons. The Bertz CT molecular complexity index is 820. The van der Waals surface area contributed by atoms with Gasteiger partial charge in [0.25, 0.3) is 0 Å². The SMILES string of the molecule is O=c1c([N+](=O)[O-])cccn1Cc1nc2ccccc2s1. The van der Waals surface area contributed by atoms with E-state index in [-0.39, 0.29) is 6.54 Å². The van der Waals surface area contributed by atoms with Crippen molar-refractivity contribution in [2.45, 2.75) is 6.54 Å². The van der Waals surface area contributed by atoms with E-state index in [9.17, 15) is 14.9 Å². The van der Waals surface area contributed by atoms with Crippen LogP contribution in [0.15, 0.2) is 47.4 Å². The van der Waals surface area contributed by atoms with Crippen LogP contribution >= 0.6 is 11.3 Å². The standard InChI is InChI=1S/C13H9N3O3S/c17-13-10(16(18)19)5-3-7-15(13)8-12-14-9-4-1-2-6-11(9)20-12/h1-7H,8H2. The number of aromatic nitrogens is 2. The average Bonchev–Trinajstić information content (AvgIpc) is 2.83. The number of hydrogen-bond acceptors (Lipinski definition) is 5. The van der Waals surface area contributed by atoms with Gasteiger partial charge in [-0.3, -0.25) is 14.9 Å². The van der Waals surface area contributed by atoms with Crippen molar-refractivity contribution in [3.05, 3.63) is 68.1 Å². The van der Waals surface area contributed by atoms with Crippen molar-refractivity contribution in [1.29, 1.82) is 0 Å². The summed E-state index contributed by atoms with van der Waals surface area (Å²) in [5.74, 6) is 0. The van der Waals surface area contributed by atoms with Crippen molar-refractivity contribution in [3.8, 4) is 0 Å². The van der Waals surface area contributed by atoms with Crippen molar-refractivity contribution in [2.75, 3.05) is 0 Å². The number of hydrogen-bond donors (Lipinski definition) is 0. The molecule has 2 heterocycles. The Hall–Kier alpha value is -2.54. The molecule has 7 heteroatoms. The van der Waals surface area contributed by atoms with Crippen LogP contribution in [0.4, 0.5) is 5.69 Å². The first-order valence-electron chi connectivity index (χ1n) is 5.83. The number of para-hydroxylation sites is 1. The number of rotatable bonds is 3. The van der Waals surface area contributed by atoms with E-state index in [0.29, 0.717) is 0 Å². The highest BCUT2D eigenvalue weighted by molar-refractivity contribution is 7.18. The lowest BCUT2D eigenvalue weighted by Gasteiger charge is -2.01. The summed E-state index contributed by atoms with van der Waals surface area (Å²) >= 11 is 1.47. The van der Waals surface area contributed by atoms with Gasteiger partial charge in [-0.15, -0.1) is 11.3 Å². The summed E-state index contributed by atoms with van der Waals surface area (Å²) in [7, 11) is 0. The van der Waals surface area contributed by atoms with Crippen LogP contribution in [0.2, 0.25) is 0 Å². The molecule has 3 rings (SSSR count). The Morgan fingerprint density at radius 1 is 1.25 bits per heavy atom. The van der Waals surface area contributed by atoms with Crippen molar-refractivity contribution < 1.29 is 4.92 Å². The van der Waals surface area contributed by atoms with Gasteiger partial charge in [0.2, 0.25) is 0 Å². The highest BCUT2D eigenvalue weighted by atomic mass is 32.1. The van der Waals surface area contributed by atoms with E-state index in [1.807, 2.05) is 24.3 Å². The molecule has 0 unspecified atom stereocenters. The van der Waals surface area contributed by atoms with Crippen molar-refractivity contribution in [3.63, 3.8) is 0 Å². The predicted molar refractivity (Wildman–Crippen MR) is 76.1 cm³/mol. The molecule has 0 amide bonds. The van der Waals surface area contributed by atoms with Gasteiger partial charge in [0.15, 0.2) is 0 Å². The Labute approximate surface area is 117 Å². The number of benzene rings is 1. The third-order valence-corrected chi connectivity index (χ3v) is 3.86. The van der Waals surface area contributed by atoms with Gasteiger partial charge >= 0.3 is 11.2 Å². The molecular formula is C13H9N3O3S. The van der Waals surface area contributed by atoms with Crippen LogP contribution in [-0.2, 0) is 6.54 Å². The number of nitro groups is 1. The minimum Gasteiger partial charge on any atom is -0.303 e. The summed E-state index contributed by atoms with van der Waals surface area (Å²) in [6.45, 7) is 0.236. The Morgan fingerprint density at radius 2 is 2.05 bits per heavy atom. The first-order chi connectivity index (χ1) is 9.65. The van der Waals surface area contributed by atoms with Crippen LogP contribution in [0.1, 0.15) is 5.01 Å². The Morgan fingerprint density at radius 3 is 2.80 bits per heavy atom. The van der Waals surface area contributed by atoms with Gasteiger partial charge in [0, 0.05) is 12.3 Å². The van der Waals surface area contributed by atoms with Gasteiger partial charge in [0.1, 0.15) is 5.01 Å². The fourth-order valence-electron chi connectivity index (χ4n) is 1.92. The van der Waals surface area contributed by atoms with Crippen molar-refractivity contribution in [1.82, 2.24) is 9.55 Å². The van der Waals surface area contributed by atoms with Crippen LogP contribution in [0.5, 0.6) is 0 Å². The quantitative estimate of drug-likeness (QED) is 0.547. The molecule has 2 aromatic heterocycles. The van der Waals surface area contributed by atoms with E-state index >= 15 is 0 Å². The molecule has 0 saturated carbocycles. The van der Waals surface area contributed by atoms with Crippen LogP contribution in [-0.4, -0.2) is 14.5 Å². The van der Waals surface area contributed by atoms with Crippen molar-refractivity contribution in [2.24, 2.45) is 0 Å². The maximum absolute atomic E-state index is 11.9. The molecule has 0 N–H and O–H groups in total. The van der Waals surface area contributed by atoms with Crippen LogP contribution < -0.4 is 5.56 Å². The summed E-state index contributed by atoms with van der Waals surface area (Å²) in [5, 5.41) is 11.5. The van der Waals surface area contributed by atoms with Gasteiger partial charge in [-0.05, 0) is 18.2 Å². The predicted octanol–water partition coefficient (Wildman–Crippen LogP) is 2.41. The van der Waals surface area contributed by atoms with Gasteiger partial charge in [-0.2, -0.15) is 0 Å².